The molecule has 184 valence electrons. The van der Waals surface area contributed by atoms with Crippen LogP contribution in [-0.2, 0) is 14.3 Å². The van der Waals surface area contributed by atoms with Gasteiger partial charge in [0.2, 0.25) is 0 Å². The van der Waals surface area contributed by atoms with Gasteiger partial charge in [0.15, 0.2) is 11.7 Å². The third-order valence-electron chi connectivity index (χ3n) is 4.93. The molecule has 1 aliphatic rings. The number of thiocarbonyl (C=S) groups is 1. The molecule has 1 aliphatic heterocycles. The number of esters is 1. The minimum atomic E-state index is -0.599. The van der Waals surface area contributed by atoms with Crippen molar-refractivity contribution in [3.63, 3.8) is 0 Å². The molecule has 0 spiro atoms. The fourth-order valence-corrected chi connectivity index (χ4v) is 4.40. The molecule has 0 aromatic heterocycles. The van der Waals surface area contributed by atoms with Crippen LogP contribution in [0.2, 0.25) is 0 Å². The molecule has 0 bridgehead atoms. The number of hydrazone groups is 1. The Morgan fingerprint density at radius 3 is 2.71 bits per heavy atom. The number of benzene rings is 2. The van der Waals surface area contributed by atoms with Crippen LogP contribution >= 0.6 is 34.8 Å². The Bertz CT molecular complexity index is 1180. The molecule has 3 rings (SSSR count). The Morgan fingerprint density at radius 2 is 2.00 bits per heavy atom. The number of carbonyl (C=O) groups is 2. The van der Waals surface area contributed by atoms with Crippen molar-refractivity contribution in [3.8, 4) is 11.5 Å². The second-order valence-corrected chi connectivity index (χ2v) is 8.87. The molecule has 1 amide bonds. The Hall–Kier alpha value is -3.19. The third-order valence-corrected chi connectivity index (χ3v) is 5.99. The van der Waals surface area contributed by atoms with Crippen LogP contribution in [0.15, 0.2) is 58.8 Å². The van der Waals surface area contributed by atoms with Gasteiger partial charge in [0.1, 0.15) is 11.5 Å². The minimum Gasteiger partial charge on any atom is -0.496 e. The van der Waals surface area contributed by atoms with Gasteiger partial charge in [-0.05, 0) is 78.5 Å². The first-order valence-corrected chi connectivity index (χ1v) is 12.1. The van der Waals surface area contributed by atoms with Gasteiger partial charge in [-0.15, -0.1) is 0 Å². The molecule has 1 heterocycles. The SMILES string of the molecule is CCOC(=O)C1=C(C)NC(=S)N[C@H]1c1ccccc1OCC(=O)NN=Cc1ccc(OC)c(I)c1. The number of nitrogens with zero attached hydrogens (tertiary/aromatic N) is 1. The summed E-state index contributed by atoms with van der Waals surface area (Å²) in [7, 11) is 1.61. The quantitative estimate of drug-likeness (QED) is 0.131. The molecular formula is C24H25IN4O5S. The molecule has 2 aromatic rings. The van der Waals surface area contributed by atoms with E-state index in [9.17, 15) is 9.59 Å². The summed E-state index contributed by atoms with van der Waals surface area (Å²) >= 11 is 7.45. The second kappa shape index (κ2) is 12.5. The summed E-state index contributed by atoms with van der Waals surface area (Å²) < 4.78 is 17.2. The standard InChI is InChI=1S/C24H25IN4O5S/c1-4-33-23(31)21-14(2)27-24(35)28-22(21)16-7-5-6-8-18(16)34-13-20(30)29-26-12-15-9-10-19(32-3)17(25)11-15/h5-12,22H,4,13H2,1-3H3,(H,29,30)(H2,27,28,35)/t22-/m0/s1. The van der Waals surface area contributed by atoms with Gasteiger partial charge in [-0.2, -0.15) is 5.10 Å². The summed E-state index contributed by atoms with van der Waals surface area (Å²) in [6.45, 7) is 3.46. The van der Waals surface area contributed by atoms with E-state index < -0.39 is 17.9 Å². The number of ether oxygens (including phenoxy) is 3. The van der Waals surface area contributed by atoms with Crippen LogP contribution in [0.1, 0.15) is 31.0 Å². The number of hydrogen-bond acceptors (Lipinski definition) is 7. The predicted octanol–water partition coefficient (Wildman–Crippen LogP) is 3.18. The van der Waals surface area contributed by atoms with Crippen LogP contribution in [0.25, 0.3) is 0 Å². The number of halogens is 1. The first-order valence-electron chi connectivity index (χ1n) is 10.7. The average molecular weight is 608 g/mol. The zero-order valence-electron chi connectivity index (χ0n) is 19.4. The highest BCUT2D eigenvalue weighted by Gasteiger charge is 2.32. The molecule has 1 atom stereocenters. The lowest BCUT2D eigenvalue weighted by Gasteiger charge is -2.30. The predicted molar refractivity (Wildman–Crippen MR) is 144 cm³/mol. The van der Waals surface area contributed by atoms with E-state index in [4.69, 9.17) is 26.4 Å². The van der Waals surface area contributed by atoms with Crippen molar-refractivity contribution < 1.29 is 23.8 Å². The first kappa shape index (κ1) is 26.4. The van der Waals surface area contributed by atoms with Gasteiger partial charge in [0.05, 0.1) is 35.1 Å². The maximum atomic E-state index is 12.6. The van der Waals surface area contributed by atoms with Crippen LogP contribution in [0.5, 0.6) is 11.5 Å². The van der Waals surface area contributed by atoms with Gasteiger partial charge in [0, 0.05) is 11.3 Å². The number of para-hydroxylation sites is 1. The lowest BCUT2D eigenvalue weighted by Crippen LogP contribution is -2.45. The van der Waals surface area contributed by atoms with E-state index in [0.717, 1.165) is 14.9 Å². The lowest BCUT2D eigenvalue weighted by atomic mass is 9.95. The molecule has 0 saturated heterocycles. The maximum absolute atomic E-state index is 12.6. The van der Waals surface area contributed by atoms with Crippen molar-refractivity contribution in [2.45, 2.75) is 19.9 Å². The Kier molecular flexibility index (Phi) is 9.43. The zero-order valence-corrected chi connectivity index (χ0v) is 22.4. The normalized spacial score (nSPS) is 15.3. The van der Waals surface area contributed by atoms with E-state index in [2.05, 4.69) is 43.8 Å². The molecule has 0 unspecified atom stereocenters. The van der Waals surface area contributed by atoms with E-state index in [1.165, 1.54) is 6.21 Å². The van der Waals surface area contributed by atoms with Crippen LogP contribution in [0.3, 0.4) is 0 Å². The van der Waals surface area contributed by atoms with Gasteiger partial charge in [0.25, 0.3) is 5.91 Å². The molecule has 3 N–H and O–H groups in total. The van der Waals surface area contributed by atoms with Crippen molar-refractivity contribution in [2.75, 3.05) is 20.3 Å². The summed E-state index contributed by atoms with van der Waals surface area (Å²) in [6, 6.07) is 12.0. The van der Waals surface area contributed by atoms with E-state index in [-0.39, 0.29) is 13.2 Å². The Labute approximate surface area is 222 Å². The Morgan fingerprint density at radius 1 is 1.23 bits per heavy atom. The number of amides is 1. The summed E-state index contributed by atoms with van der Waals surface area (Å²) in [6.07, 6.45) is 1.53. The molecule has 0 saturated carbocycles. The van der Waals surface area contributed by atoms with E-state index in [1.807, 2.05) is 24.3 Å². The lowest BCUT2D eigenvalue weighted by molar-refractivity contribution is -0.139. The highest BCUT2D eigenvalue weighted by atomic mass is 127. The fourth-order valence-electron chi connectivity index (χ4n) is 3.37. The van der Waals surface area contributed by atoms with E-state index >= 15 is 0 Å². The second-order valence-electron chi connectivity index (χ2n) is 7.30. The number of methoxy groups -OCH3 is 1. The summed E-state index contributed by atoms with van der Waals surface area (Å²) in [4.78, 5) is 25.0. The molecule has 0 fully saturated rings. The average Bonchev–Trinajstić information content (AvgIpc) is 2.82. The summed E-state index contributed by atoms with van der Waals surface area (Å²) in [5, 5.41) is 10.4. The highest BCUT2D eigenvalue weighted by Crippen LogP contribution is 2.33. The number of hydrogen-bond donors (Lipinski definition) is 3. The van der Waals surface area contributed by atoms with Crippen LogP contribution < -0.4 is 25.5 Å². The van der Waals surface area contributed by atoms with Crippen molar-refractivity contribution in [3.05, 3.63) is 68.4 Å². The number of carbonyl (C=O) groups excluding carboxylic acids is 2. The number of nitrogens with one attached hydrogen (secondary N) is 3. The van der Waals surface area contributed by atoms with Crippen LogP contribution in [-0.4, -0.2) is 43.5 Å². The maximum Gasteiger partial charge on any atom is 0.338 e. The molecule has 11 heteroatoms. The smallest absolute Gasteiger partial charge is 0.338 e. The third kappa shape index (κ3) is 6.92. The van der Waals surface area contributed by atoms with Gasteiger partial charge in [-0.3, -0.25) is 4.79 Å². The largest absolute Gasteiger partial charge is 0.496 e. The molecule has 0 aliphatic carbocycles. The van der Waals surface area contributed by atoms with E-state index in [1.54, 1.807) is 39.2 Å². The minimum absolute atomic E-state index is 0.237. The van der Waals surface area contributed by atoms with Gasteiger partial charge in [-0.1, -0.05) is 18.2 Å². The zero-order chi connectivity index (χ0) is 25.4. The van der Waals surface area contributed by atoms with E-state index in [0.29, 0.717) is 27.7 Å². The highest BCUT2D eigenvalue weighted by molar-refractivity contribution is 14.1. The fraction of sp³-hybridized carbons (Fsp3) is 0.250. The van der Waals surface area contributed by atoms with Crippen molar-refractivity contribution >= 4 is 58.0 Å². The summed E-state index contributed by atoms with van der Waals surface area (Å²) in [5.41, 5.74) is 4.88. The molecular weight excluding hydrogens is 583 g/mol. The monoisotopic (exact) mass is 608 g/mol. The molecule has 35 heavy (non-hydrogen) atoms. The van der Waals surface area contributed by atoms with Gasteiger partial charge < -0.3 is 24.8 Å². The molecule has 0 radical (unpaired) electrons. The number of allylic oxidation sites excluding steroid dienone is 1. The van der Waals surface area contributed by atoms with Crippen LogP contribution in [0, 0.1) is 3.57 Å². The van der Waals surface area contributed by atoms with Crippen molar-refractivity contribution in [1.29, 1.82) is 0 Å². The van der Waals surface area contributed by atoms with Crippen molar-refractivity contribution in [1.82, 2.24) is 16.1 Å². The topological polar surface area (TPSA) is 110 Å². The Balaban J connectivity index is 1.69. The number of rotatable bonds is 9. The summed E-state index contributed by atoms with van der Waals surface area (Å²) in [5.74, 6) is 0.283. The molecule has 2 aromatic carbocycles. The van der Waals surface area contributed by atoms with Crippen LogP contribution in [0.4, 0.5) is 0 Å². The molecule has 9 nitrogen and oxygen atoms in total. The first-order chi connectivity index (χ1) is 16.8. The van der Waals surface area contributed by atoms with Gasteiger partial charge >= 0.3 is 5.97 Å². The van der Waals surface area contributed by atoms with Crippen molar-refractivity contribution in [2.24, 2.45) is 5.10 Å². The van der Waals surface area contributed by atoms with Gasteiger partial charge in [-0.25, -0.2) is 10.2 Å².